The Bertz CT molecular complexity index is 1310. The van der Waals surface area contributed by atoms with E-state index >= 15 is 0 Å². The molecule has 1 saturated heterocycles. The molecule has 0 bridgehead atoms. The number of nitriles is 1. The predicted octanol–water partition coefficient (Wildman–Crippen LogP) is 5.69. The number of halogens is 7. The first-order valence-corrected chi connectivity index (χ1v) is 14.4. The standard InChI is InChI=1S/C25H26F7N5O3S/c26-25(27)9-7-18(8-10-25)35-23(38)22(17-2-1-11-34-14-17)37(24(39)21-15-40-13-12-36(21)16-33)19-3-5-20(6-4-19)41(28,29,30,31)32/h1-6,11,14,18,21-22H,7-10,12-13,15H2,(H,35,38)/t21-,22?/m1/s1. The summed E-state index contributed by atoms with van der Waals surface area (Å²) in [5.41, 5.74) is -0.264. The van der Waals surface area contributed by atoms with Crippen LogP contribution in [0.5, 0.6) is 0 Å². The molecule has 1 aromatic carbocycles. The smallest absolute Gasteiger partial charge is 0.310 e. The van der Waals surface area contributed by atoms with E-state index in [1.165, 1.54) is 24.5 Å². The number of ether oxygens (including phenoxy) is 1. The maximum Gasteiger partial charge on any atom is 0.310 e. The van der Waals surface area contributed by atoms with Gasteiger partial charge in [0.25, 0.3) is 5.91 Å². The van der Waals surface area contributed by atoms with Gasteiger partial charge in [0.1, 0.15) is 17.0 Å². The van der Waals surface area contributed by atoms with Gasteiger partial charge in [0.2, 0.25) is 11.8 Å². The molecule has 2 atom stereocenters. The number of nitrogens with zero attached hydrogens (tertiary/aromatic N) is 4. The van der Waals surface area contributed by atoms with E-state index in [1.54, 1.807) is 0 Å². The lowest BCUT2D eigenvalue weighted by atomic mass is 9.91. The maximum absolute atomic E-state index is 14.0. The largest absolute Gasteiger partial charge is 0.377 e. The molecule has 1 unspecified atom stereocenters. The molecular weight excluding hydrogens is 583 g/mol. The van der Waals surface area contributed by atoms with Gasteiger partial charge in [-0.3, -0.25) is 24.4 Å². The molecule has 0 spiro atoms. The molecule has 2 fully saturated rings. The zero-order valence-electron chi connectivity index (χ0n) is 21.4. The Kier molecular flexibility index (Phi) is 7.67. The molecule has 41 heavy (non-hydrogen) atoms. The van der Waals surface area contributed by atoms with Gasteiger partial charge in [-0.1, -0.05) is 25.5 Å². The van der Waals surface area contributed by atoms with Crippen LogP contribution in [0.2, 0.25) is 0 Å². The summed E-state index contributed by atoms with van der Waals surface area (Å²) >= 11 is 0. The van der Waals surface area contributed by atoms with Gasteiger partial charge >= 0.3 is 10.2 Å². The van der Waals surface area contributed by atoms with Crippen LogP contribution in [0, 0.1) is 11.5 Å². The minimum atomic E-state index is -10.1. The Morgan fingerprint density at radius 2 is 1.78 bits per heavy atom. The zero-order valence-corrected chi connectivity index (χ0v) is 22.2. The molecule has 16 heteroatoms. The number of morpholine rings is 1. The summed E-state index contributed by atoms with van der Waals surface area (Å²) in [6.45, 7) is -0.190. The van der Waals surface area contributed by atoms with Gasteiger partial charge < -0.3 is 10.1 Å². The van der Waals surface area contributed by atoms with E-state index in [4.69, 9.17) is 4.74 Å². The van der Waals surface area contributed by atoms with Gasteiger partial charge in [-0.15, -0.1) is 0 Å². The molecule has 224 valence electrons. The van der Waals surface area contributed by atoms with Crippen molar-refractivity contribution in [3.63, 3.8) is 0 Å². The van der Waals surface area contributed by atoms with Crippen LogP contribution in [0.1, 0.15) is 37.3 Å². The summed E-state index contributed by atoms with van der Waals surface area (Å²) in [4.78, 5) is 31.3. The van der Waals surface area contributed by atoms with Gasteiger partial charge in [0.15, 0.2) is 6.19 Å². The summed E-state index contributed by atoms with van der Waals surface area (Å²) in [7, 11) is -10.1. The van der Waals surface area contributed by atoms with Gasteiger partial charge in [-0.2, -0.15) is 5.26 Å². The molecule has 2 aromatic rings. The van der Waals surface area contributed by atoms with Gasteiger partial charge in [-0.05, 0) is 43.2 Å². The lowest BCUT2D eigenvalue weighted by molar-refractivity contribution is -0.132. The number of carbonyl (C=O) groups excluding carboxylic acids is 2. The van der Waals surface area contributed by atoms with Crippen LogP contribution < -0.4 is 10.2 Å². The second kappa shape index (κ2) is 10.4. The molecule has 1 N–H and O–H groups in total. The average Bonchev–Trinajstić information content (AvgIpc) is 2.91. The van der Waals surface area contributed by atoms with Crippen LogP contribution in [0.25, 0.3) is 0 Å². The lowest BCUT2D eigenvalue weighted by Gasteiger charge is -2.41. The van der Waals surface area contributed by atoms with Gasteiger partial charge in [-0.25, -0.2) is 8.78 Å². The fourth-order valence-electron chi connectivity index (χ4n) is 4.78. The number of pyridine rings is 1. The third-order valence-electron chi connectivity index (χ3n) is 6.91. The quantitative estimate of drug-likeness (QED) is 0.320. The van der Waals surface area contributed by atoms with Crippen LogP contribution in [0.3, 0.4) is 0 Å². The zero-order chi connectivity index (χ0) is 30.1. The number of hydrogen-bond acceptors (Lipinski definition) is 6. The molecule has 1 aromatic heterocycles. The minimum absolute atomic E-state index is 0.00391. The highest BCUT2D eigenvalue weighted by Crippen LogP contribution is 3.02. The van der Waals surface area contributed by atoms with Crippen LogP contribution in [0.15, 0.2) is 53.7 Å². The van der Waals surface area contributed by atoms with Crippen LogP contribution in [-0.4, -0.2) is 59.5 Å². The highest BCUT2D eigenvalue weighted by Gasteiger charge is 2.65. The average molecular weight is 610 g/mol. The number of benzene rings is 1. The van der Waals surface area contributed by atoms with E-state index in [2.05, 4.69) is 10.3 Å². The van der Waals surface area contributed by atoms with Crippen molar-refractivity contribution in [1.29, 1.82) is 5.26 Å². The minimum Gasteiger partial charge on any atom is -0.377 e. The van der Waals surface area contributed by atoms with Gasteiger partial charge in [0.05, 0.1) is 19.8 Å². The van der Waals surface area contributed by atoms with Crippen molar-refractivity contribution in [2.24, 2.45) is 0 Å². The number of amides is 2. The number of nitrogens with one attached hydrogen (secondary N) is 1. The fraction of sp³-hybridized carbons (Fsp3) is 0.440. The topological polar surface area (TPSA) is 98.6 Å². The first-order valence-electron chi connectivity index (χ1n) is 12.5. The SMILES string of the molecule is N#CN1CCOC[C@@H]1C(=O)N(c1ccc(S(F)(F)(F)(F)F)cc1)C(C(=O)NC1CCC(F)(F)CC1)c1cccnc1. The molecule has 1 aliphatic carbocycles. The van der Waals surface area contributed by atoms with E-state index in [-0.39, 0.29) is 56.0 Å². The summed E-state index contributed by atoms with van der Waals surface area (Å²) in [6.07, 6.45) is 3.33. The van der Waals surface area contributed by atoms with Crippen molar-refractivity contribution < 1.29 is 42.5 Å². The van der Waals surface area contributed by atoms with E-state index in [0.717, 1.165) is 9.80 Å². The Hall–Kier alpha value is -3.58. The highest BCUT2D eigenvalue weighted by molar-refractivity contribution is 8.45. The first kappa shape index (κ1) is 30.4. The first-order chi connectivity index (χ1) is 19.0. The summed E-state index contributed by atoms with van der Waals surface area (Å²) < 4.78 is 99.9. The monoisotopic (exact) mass is 609 g/mol. The van der Waals surface area contributed by atoms with E-state index in [9.17, 15) is 43.1 Å². The Labute approximate surface area is 230 Å². The number of alkyl halides is 2. The van der Waals surface area contributed by atoms with Crippen molar-refractivity contribution in [2.75, 3.05) is 24.7 Å². The Morgan fingerprint density at radius 1 is 1.12 bits per heavy atom. The molecule has 2 aliphatic rings. The number of carbonyl (C=O) groups is 2. The molecule has 4 rings (SSSR count). The number of anilines is 1. The van der Waals surface area contributed by atoms with Crippen molar-refractivity contribution in [1.82, 2.24) is 15.2 Å². The van der Waals surface area contributed by atoms with Crippen LogP contribution in [-0.2, 0) is 14.3 Å². The summed E-state index contributed by atoms with van der Waals surface area (Å²) in [5, 5.41) is 12.2. The normalized spacial score (nSPS) is 22.0. The third-order valence-corrected chi connectivity index (χ3v) is 8.07. The molecular formula is C25H26F7N5O3S. The molecule has 0 radical (unpaired) electrons. The Morgan fingerprint density at radius 3 is 2.34 bits per heavy atom. The maximum atomic E-state index is 14.0. The van der Waals surface area contributed by atoms with E-state index in [1.807, 2.05) is 6.19 Å². The second-order valence-corrected chi connectivity index (χ2v) is 12.3. The van der Waals surface area contributed by atoms with Crippen molar-refractivity contribution >= 4 is 27.7 Å². The number of rotatable bonds is 7. The Balaban J connectivity index is 1.79. The molecule has 2 amide bonds. The molecule has 8 nitrogen and oxygen atoms in total. The van der Waals surface area contributed by atoms with Crippen LogP contribution >= 0.6 is 10.2 Å². The third kappa shape index (κ3) is 7.20. The van der Waals surface area contributed by atoms with Crippen molar-refractivity contribution in [3.8, 4) is 6.19 Å². The van der Waals surface area contributed by atoms with Crippen LogP contribution in [0.4, 0.5) is 33.9 Å². The molecule has 1 aliphatic heterocycles. The number of aromatic nitrogens is 1. The second-order valence-electron chi connectivity index (χ2n) is 9.88. The van der Waals surface area contributed by atoms with Crippen molar-refractivity contribution in [3.05, 3.63) is 54.4 Å². The van der Waals surface area contributed by atoms with Gasteiger partial charge in [0, 0.05) is 42.5 Å². The summed E-state index contributed by atoms with van der Waals surface area (Å²) in [6, 6.07) is 0.707. The highest BCUT2D eigenvalue weighted by atomic mass is 32.5. The molecule has 1 saturated carbocycles. The number of hydrogen-bond donors (Lipinski definition) is 1. The predicted molar refractivity (Wildman–Crippen MR) is 135 cm³/mol. The fourth-order valence-corrected chi connectivity index (χ4v) is 5.43. The van der Waals surface area contributed by atoms with E-state index in [0.29, 0.717) is 12.1 Å². The summed E-state index contributed by atoms with van der Waals surface area (Å²) in [5.74, 6) is -4.69. The van der Waals surface area contributed by atoms with Crippen molar-refractivity contribution in [2.45, 2.75) is 54.6 Å². The molecule has 2 heterocycles. The lowest BCUT2D eigenvalue weighted by Crippen LogP contribution is -2.56. The van der Waals surface area contributed by atoms with E-state index < -0.39 is 63.8 Å².